The molecule has 270 valence electrons. The number of carbonyl (C=O) groups is 2. The van der Waals surface area contributed by atoms with Gasteiger partial charge in [0.1, 0.15) is 5.75 Å². The van der Waals surface area contributed by atoms with Gasteiger partial charge in [0.2, 0.25) is 5.91 Å². The van der Waals surface area contributed by atoms with Gasteiger partial charge >= 0.3 is 0 Å². The minimum Gasteiger partial charge on any atom is -0.497 e. The summed E-state index contributed by atoms with van der Waals surface area (Å²) in [7, 11) is 1.69. The zero-order chi connectivity index (χ0) is 35.4. The molecule has 10 nitrogen and oxygen atoms in total. The molecule has 3 fully saturated rings. The Balaban J connectivity index is 0.000000950. The zero-order valence-electron chi connectivity index (χ0n) is 30.1. The molecule has 3 aliphatic heterocycles. The second kappa shape index (κ2) is 15.6. The summed E-state index contributed by atoms with van der Waals surface area (Å²) in [5.74, 6) is 0.795. The van der Waals surface area contributed by atoms with E-state index in [1.807, 2.05) is 35.9 Å². The highest BCUT2D eigenvalue weighted by atomic mass is 16.5. The van der Waals surface area contributed by atoms with Gasteiger partial charge in [0.05, 0.1) is 18.2 Å². The number of carbonyl (C=O) groups excluding carboxylic acids is 2. The Labute approximate surface area is 301 Å². The number of nitrogens with one attached hydrogen (secondary N) is 2. The minimum atomic E-state index is -0.740. The lowest BCUT2D eigenvalue weighted by Crippen LogP contribution is -2.47. The Hall–Kier alpha value is -4.25. The highest BCUT2D eigenvalue weighted by Crippen LogP contribution is 2.49. The molecular weight excluding hydrogens is 640 g/mol. The third-order valence-electron chi connectivity index (χ3n) is 11.4. The van der Waals surface area contributed by atoms with Gasteiger partial charge in [0.25, 0.3) is 5.91 Å². The van der Waals surface area contributed by atoms with Gasteiger partial charge in [-0.3, -0.25) is 24.7 Å². The van der Waals surface area contributed by atoms with E-state index in [-0.39, 0.29) is 5.91 Å². The van der Waals surface area contributed by atoms with Crippen molar-refractivity contribution in [3.05, 3.63) is 83.2 Å². The van der Waals surface area contributed by atoms with Gasteiger partial charge in [-0.15, -0.1) is 0 Å². The van der Waals surface area contributed by atoms with Gasteiger partial charge in [-0.25, -0.2) is 5.48 Å². The SMILES string of the molecule is C1CNC1.COc1ccc2c(c1)CC(C)(C(=O)N1CCCN(Cc3cccnc3)CC1)Cn1c-2c(C2CCCCC2)c2ccc(C(=O)NO)cc21. The molecule has 2 amide bonds. The van der Waals surface area contributed by atoms with Crippen molar-refractivity contribution >= 4 is 22.7 Å². The van der Waals surface area contributed by atoms with Crippen LogP contribution in [0, 0.1) is 5.41 Å². The first-order valence-corrected chi connectivity index (χ1v) is 18.8. The average molecular weight is 693 g/mol. The van der Waals surface area contributed by atoms with Crippen molar-refractivity contribution in [2.24, 2.45) is 5.41 Å². The van der Waals surface area contributed by atoms with Crippen LogP contribution in [0.25, 0.3) is 22.2 Å². The number of amides is 2. The number of hydrogen-bond donors (Lipinski definition) is 3. The second-order valence-corrected chi connectivity index (χ2v) is 15.0. The normalized spacial score (nSPS) is 20.9. The number of rotatable bonds is 6. The minimum absolute atomic E-state index is 0.160. The van der Waals surface area contributed by atoms with E-state index >= 15 is 0 Å². The summed E-state index contributed by atoms with van der Waals surface area (Å²) >= 11 is 0. The van der Waals surface area contributed by atoms with Crippen molar-refractivity contribution in [3.8, 4) is 17.0 Å². The number of benzene rings is 2. The van der Waals surface area contributed by atoms with Crippen molar-refractivity contribution in [1.29, 1.82) is 0 Å². The molecule has 4 aliphatic rings. The Morgan fingerprint density at radius 1 is 1.00 bits per heavy atom. The summed E-state index contributed by atoms with van der Waals surface area (Å²) in [4.78, 5) is 36.3. The number of ether oxygens (including phenoxy) is 1. The molecule has 1 aliphatic carbocycles. The molecule has 0 radical (unpaired) electrons. The Morgan fingerprint density at radius 3 is 2.51 bits per heavy atom. The number of pyridine rings is 1. The predicted molar refractivity (Wildman–Crippen MR) is 199 cm³/mol. The first-order chi connectivity index (χ1) is 24.9. The van der Waals surface area contributed by atoms with Gasteiger partial charge in [-0.1, -0.05) is 31.4 Å². The monoisotopic (exact) mass is 692 g/mol. The van der Waals surface area contributed by atoms with Gasteiger partial charge < -0.3 is 19.5 Å². The Bertz CT molecular complexity index is 1840. The average Bonchev–Trinajstić information content (AvgIpc) is 3.23. The summed E-state index contributed by atoms with van der Waals surface area (Å²) in [5, 5.41) is 13.7. The number of fused-ring (bicyclic) bond motifs is 5. The Kier molecular flexibility index (Phi) is 10.7. The summed E-state index contributed by atoms with van der Waals surface area (Å²) < 4.78 is 8.03. The number of methoxy groups -OCH3 is 1. The fourth-order valence-electron chi connectivity index (χ4n) is 8.52. The van der Waals surface area contributed by atoms with Crippen LogP contribution in [0.15, 0.2) is 60.9 Å². The molecule has 1 atom stereocenters. The first-order valence-electron chi connectivity index (χ1n) is 18.8. The van der Waals surface area contributed by atoms with Gasteiger partial charge in [0.15, 0.2) is 0 Å². The standard InChI is InChI=1S/C38H45N5O4.C3H7N/c1-38(37(45)42-17-7-16-41(18-19-42)24-26-8-6-15-39-23-26)22-29-20-30(47-2)12-14-31(29)35-34(27-9-4-3-5-10-27)32-13-11-28(36(44)40-46)21-33(32)43(35)25-38;1-2-4-3-1/h6,8,11-15,20-21,23,27,46H,3-5,7,9-10,16-19,22,24-25H2,1-2H3,(H,40,44);4H,1-3H2. The molecule has 1 unspecified atom stereocenters. The van der Waals surface area contributed by atoms with E-state index in [0.29, 0.717) is 31.0 Å². The lowest BCUT2D eigenvalue weighted by atomic mass is 9.79. The van der Waals surface area contributed by atoms with Crippen molar-refractivity contribution in [3.63, 3.8) is 0 Å². The molecule has 2 saturated heterocycles. The maximum atomic E-state index is 14.8. The van der Waals surface area contributed by atoms with Gasteiger partial charge in [0, 0.05) is 73.7 Å². The number of hydrogen-bond acceptors (Lipinski definition) is 7. The van der Waals surface area contributed by atoms with Gasteiger partial charge in [-0.05, 0) is 111 Å². The summed E-state index contributed by atoms with van der Waals surface area (Å²) in [5.41, 5.74) is 8.29. The molecule has 2 aromatic heterocycles. The molecule has 2 aromatic carbocycles. The maximum Gasteiger partial charge on any atom is 0.274 e. The molecule has 51 heavy (non-hydrogen) atoms. The smallest absolute Gasteiger partial charge is 0.274 e. The maximum absolute atomic E-state index is 14.8. The van der Waals surface area contributed by atoms with Crippen LogP contribution in [0.4, 0.5) is 0 Å². The summed E-state index contributed by atoms with van der Waals surface area (Å²) in [6.45, 7) is 9.06. The van der Waals surface area contributed by atoms with E-state index in [1.54, 1.807) is 19.4 Å². The van der Waals surface area contributed by atoms with Crippen LogP contribution < -0.4 is 15.5 Å². The van der Waals surface area contributed by atoms with E-state index in [1.165, 1.54) is 49.9 Å². The number of hydroxylamine groups is 1. The topological polar surface area (TPSA) is 112 Å². The van der Waals surface area contributed by atoms with Crippen LogP contribution in [-0.4, -0.2) is 82.8 Å². The van der Waals surface area contributed by atoms with Crippen LogP contribution in [-0.2, 0) is 24.3 Å². The highest BCUT2D eigenvalue weighted by molar-refractivity contribution is 6.01. The molecule has 3 N–H and O–H groups in total. The lowest BCUT2D eigenvalue weighted by Gasteiger charge is -2.34. The number of aromatic nitrogens is 2. The van der Waals surface area contributed by atoms with Crippen LogP contribution in [0.1, 0.15) is 84.8 Å². The third kappa shape index (κ3) is 7.40. The van der Waals surface area contributed by atoms with Crippen LogP contribution in [0.2, 0.25) is 0 Å². The zero-order valence-corrected chi connectivity index (χ0v) is 30.1. The Morgan fingerprint density at radius 2 is 1.80 bits per heavy atom. The van der Waals surface area contributed by atoms with Crippen molar-refractivity contribution in [2.45, 2.75) is 77.3 Å². The fraction of sp³-hybridized carbons (Fsp3) is 0.488. The van der Waals surface area contributed by atoms with Crippen molar-refractivity contribution < 1.29 is 19.5 Å². The lowest BCUT2D eigenvalue weighted by molar-refractivity contribution is -0.141. The van der Waals surface area contributed by atoms with E-state index in [2.05, 4.69) is 49.8 Å². The quantitative estimate of drug-likeness (QED) is 0.164. The van der Waals surface area contributed by atoms with E-state index < -0.39 is 11.3 Å². The molecule has 1 saturated carbocycles. The first kappa shape index (κ1) is 35.2. The number of nitrogens with zero attached hydrogens (tertiary/aromatic N) is 4. The largest absolute Gasteiger partial charge is 0.497 e. The molecule has 5 heterocycles. The summed E-state index contributed by atoms with van der Waals surface area (Å²) in [6.07, 6.45) is 12.5. The van der Waals surface area contributed by atoms with E-state index in [9.17, 15) is 14.8 Å². The molecule has 0 spiro atoms. The molecule has 8 rings (SSSR count). The van der Waals surface area contributed by atoms with Crippen LogP contribution >= 0.6 is 0 Å². The van der Waals surface area contributed by atoms with E-state index in [0.717, 1.165) is 78.9 Å². The molecule has 0 bridgehead atoms. The predicted octanol–water partition coefficient (Wildman–Crippen LogP) is 6.16. The van der Waals surface area contributed by atoms with E-state index in [4.69, 9.17) is 4.74 Å². The third-order valence-corrected chi connectivity index (χ3v) is 11.4. The molecule has 4 aromatic rings. The second-order valence-electron chi connectivity index (χ2n) is 15.0. The highest BCUT2D eigenvalue weighted by Gasteiger charge is 2.42. The van der Waals surface area contributed by atoms with Gasteiger partial charge in [-0.2, -0.15) is 0 Å². The van der Waals surface area contributed by atoms with Crippen molar-refractivity contribution in [1.82, 2.24) is 30.1 Å². The fourth-order valence-corrected chi connectivity index (χ4v) is 8.52. The van der Waals surface area contributed by atoms with Crippen molar-refractivity contribution in [2.75, 3.05) is 46.4 Å². The summed E-state index contributed by atoms with van der Waals surface area (Å²) in [6, 6.07) is 16.1. The van der Waals surface area contributed by atoms with Crippen LogP contribution in [0.3, 0.4) is 0 Å². The molecular formula is C41H52N6O4. The van der Waals surface area contributed by atoms with Crippen LogP contribution in [0.5, 0.6) is 5.75 Å². The molecule has 10 heteroatoms.